The highest BCUT2D eigenvalue weighted by molar-refractivity contribution is 5.75. The van der Waals surface area contributed by atoms with Gasteiger partial charge in [-0.15, -0.1) is 0 Å². The number of esters is 1. The molecule has 6 heteroatoms. The number of urea groups is 1. The van der Waals surface area contributed by atoms with E-state index < -0.39 is 0 Å². The van der Waals surface area contributed by atoms with Crippen LogP contribution in [-0.4, -0.2) is 30.6 Å². The van der Waals surface area contributed by atoms with Crippen LogP contribution in [0.25, 0.3) is 0 Å². The Kier molecular flexibility index (Phi) is 5.50. The predicted octanol–water partition coefficient (Wildman–Crippen LogP) is 0.444. The van der Waals surface area contributed by atoms with Crippen LogP contribution in [0.1, 0.15) is 12.0 Å². The van der Waals surface area contributed by atoms with Crippen molar-refractivity contribution >= 4 is 12.0 Å². The van der Waals surface area contributed by atoms with Crippen molar-refractivity contribution in [1.29, 1.82) is 0 Å². The summed E-state index contributed by atoms with van der Waals surface area (Å²) in [6.07, 6.45) is 3.51. The number of carbonyl (C=O) groups excluding carboxylic acids is 2. The van der Waals surface area contributed by atoms with E-state index in [1.807, 2.05) is 6.07 Å². The van der Waals surface area contributed by atoms with Gasteiger partial charge in [-0.3, -0.25) is 9.78 Å². The normalized spacial score (nSPS) is 9.47. The molecular weight excluding hydrogens is 222 g/mol. The van der Waals surface area contributed by atoms with Gasteiger partial charge < -0.3 is 15.4 Å². The summed E-state index contributed by atoms with van der Waals surface area (Å²) in [5.74, 6) is -0.349. The summed E-state index contributed by atoms with van der Waals surface area (Å²) in [5.41, 5.74) is 0.913. The number of ether oxygens (including phenoxy) is 1. The Morgan fingerprint density at radius 3 is 2.88 bits per heavy atom. The molecule has 2 amide bonds. The highest BCUT2D eigenvalue weighted by Gasteiger charge is 2.03. The zero-order valence-corrected chi connectivity index (χ0v) is 9.60. The number of amides is 2. The van der Waals surface area contributed by atoms with Gasteiger partial charge in [0, 0.05) is 25.5 Å². The molecule has 1 aromatic rings. The Morgan fingerprint density at radius 2 is 2.24 bits per heavy atom. The third kappa shape index (κ3) is 5.50. The number of rotatable bonds is 5. The Bertz CT molecular complexity index is 367. The summed E-state index contributed by atoms with van der Waals surface area (Å²) in [7, 11) is 1.31. The maximum atomic E-state index is 11.3. The first kappa shape index (κ1) is 13.0. The fourth-order valence-electron chi connectivity index (χ4n) is 1.13. The predicted molar refractivity (Wildman–Crippen MR) is 61.1 cm³/mol. The molecule has 1 heterocycles. The Labute approximate surface area is 99.4 Å². The van der Waals surface area contributed by atoms with E-state index in [0.717, 1.165) is 5.56 Å². The minimum atomic E-state index is -0.349. The van der Waals surface area contributed by atoms with Crippen LogP contribution in [-0.2, 0) is 16.1 Å². The number of aromatic nitrogens is 1. The molecule has 6 nitrogen and oxygen atoms in total. The summed E-state index contributed by atoms with van der Waals surface area (Å²) in [4.78, 5) is 26.0. The van der Waals surface area contributed by atoms with E-state index in [1.54, 1.807) is 18.5 Å². The van der Waals surface area contributed by atoms with Gasteiger partial charge in [0.1, 0.15) is 0 Å². The van der Waals surface area contributed by atoms with Crippen LogP contribution in [0.5, 0.6) is 0 Å². The lowest BCUT2D eigenvalue weighted by Crippen LogP contribution is -2.36. The van der Waals surface area contributed by atoms with Gasteiger partial charge >= 0.3 is 12.0 Å². The first-order chi connectivity index (χ1) is 8.22. The van der Waals surface area contributed by atoms with Crippen LogP contribution in [0.15, 0.2) is 24.5 Å². The van der Waals surface area contributed by atoms with E-state index >= 15 is 0 Å². The first-order valence-electron chi connectivity index (χ1n) is 5.20. The van der Waals surface area contributed by atoms with Crippen molar-refractivity contribution in [2.75, 3.05) is 13.7 Å². The van der Waals surface area contributed by atoms with Gasteiger partial charge in [0.25, 0.3) is 0 Å². The van der Waals surface area contributed by atoms with E-state index in [1.165, 1.54) is 7.11 Å². The fraction of sp³-hybridized carbons (Fsp3) is 0.364. The summed E-state index contributed by atoms with van der Waals surface area (Å²) in [5, 5.41) is 5.20. The largest absolute Gasteiger partial charge is 0.469 e. The standard InChI is InChI=1S/C11H15N3O3/c1-17-10(15)4-6-13-11(16)14-8-9-3-2-5-12-7-9/h2-3,5,7H,4,6,8H2,1H3,(H2,13,14,16). The lowest BCUT2D eigenvalue weighted by molar-refractivity contribution is -0.140. The monoisotopic (exact) mass is 237 g/mol. The van der Waals surface area contributed by atoms with Gasteiger partial charge in [-0.25, -0.2) is 4.79 Å². The van der Waals surface area contributed by atoms with E-state index in [9.17, 15) is 9.59 Å². The molecule has 0 fully saturated rings. The number of nitrogens with one attached hydrogen (secondary N) is 2. The van der Waals surface area contributed by atoms with E-state index in [-0.39, 0.29) is 25.0 Å². The summed E-state index contributed by atoms with van der Waals surface area (Å²) < 4.78 is 4.44. The second-order valence-corrected chi connectivity index (χ2v) is 3.30. The Morgan fingerprint density at radius 1 is 1.41 bits per heavy atom. The molecule has 0 saturated carbocycles. The second kappa shape index (κ2) is 7.21. The van der Waals surface area contributed by atoms with Crippen LogP contribution in [0.2, 0.25) is 0 Å². The molecule has 0 atom stereocenters. The van der Waals surface area contributed by atoms with E-state index in [4.69, 9.17) is 0 Å². The van der Waals surface area contributed by atoms with Gasteiger partial charge in [0.15, 0.2) is 0 Å². The third-order valence-corrected chi connectivity index (χ3v) is 2.02. The maximum absolute atomic E-state index is 11.3. The van der Waals surface area contributed by atoms with Crippen molar-refractivity contribution in [3.05, 3.63) is 30.1 Å². The lowest BCUT2D eigenvalue weighted by Gasteiger charge is -2.06. The fourth-order valence-corrected chi connectivity index (χ4v) is 1.13. The minimum Gasteiger partial charge on any atom is -0.469 e. The molecule has 2 N–H and O–H groups in total. The van der Waals surface area contributed by atoms with Crippen molar-refractivity contribution in [2.24, 2.45) is 0 Å². The zero-order chi connectivity index (χ0) is 12.5. The van der Waals surface area contributed by atoms with Crippen LogP contribution < -0.4 is 10.6 Å². The zero-order valence-electron chi connectivity index (χ0n) is 9.60. The van der Waals surface area contributed by atoms with Gasteiger partial charge in [0.05, 0.1) is 13.5 Å². The minimum absolute atomic E-state index is 0.164. The molecular formula is C11H15N3O3. The van der Waals surface area contributed by atoms with Crippen LogP contribution in [0.4, 0.5) is 4.79 Å². The first-order valence-corrected chi connectivity index (χ1v) is 5.20. The summed E-state index contributed by atoms with van der Waals surface area (Å²) in [6.45, 7) is 0.656. The molecule has 0 unspecified atom stereocenters. The molecule has 0 spiro atoms. The van der Waals surface area contributed by atoms with E-state index in [2.05, 4.69) is 20.4 Å². The van der Waals surface area contributed by atoms with Gasteiger partial charge in [-0.1, -0.05) is 6.07 Å². The molecule has 0 aromatic carbocycles. The third-order valence-electron chi connectivity index (χ3n) is 2.02. The molecule has 0 radical (unpaired) electrons. The smallest absolute Gasteiger partial charge is 0.315 e. The van der Waals surface area contributed by atoms with Crippen molar-refractivity contribution < 1.29 is 14.3 Å². The maximum Gasteiger partial charge on any atom is 0.315 e. The number of methoxy groups -OCH3 is 1. The molecule has 0 aliphatic carbocycles. The summed E-state index contributed by atoms with van der Waals surface area (Å²) in [6, 6.07) is 3.34. The molecule has 1 aromatic heterocycles. The Balaban J connectivity index is 2.16. The highest BCUT2D eigenvalue weighted by atomic mass is 16.5. The van der Waals surface area contributed by atoms with Crippen molar-refractivity contribution in [1.82, 2.24) is 15.6 Å². The van der Waals surface area contributed by atoms with Crippen molar-refractivity contribution in [3.63, 3.8) is 0 Å². The van der Waals surface area contributed by atoms with Gasteiger partial charge in [-0.05, 0) is 11.6 Å². The number of nitrogens with zero attached hydrogens (tertiary/aromatic N) is 1. The molecule has 0 saturated heterocycles. The lowest BCUT2D eigenvalue weighted by atomic mass is 10.3. The molecule has 0 aliphatic heterocycles. The van der Waals surface area contributed by atoms with Crippen LogP contribution >= 0.6 is 0 Å². The second-order valence-electron chi connectivity index (χ2n) is 3.30. The number of carbonyl (C=O) groups is 2. The number of pyridine rings is 1. The van der Waals surface area contributed by atoms with E-state index in [0.29, 0.717) is 6.54 Å². The number of hydrogen-bond acceptors (Lipinski definition) is 4. The number of hydrogen-bond donors (Lipinski definition) is 2. The van der Waals surface area contributed by atoms with Gasteiger partial charge in [0.2, 0.25) is 0 Å². The molecule has 92 valence electrons. The molecule has 17 heavy (non-hydrogen) atoms. The molecule has 0 bridgehead atoms. The van der Waals surface area contributed by atoms with Crippen LogP contribution in [0.3, 0.4) is 0 Å². The van der Waals surface area contributed by atoms with Crippen molar-refractivity contribution in [3.8, 4) is 0 Å². The molecule has 0 aliphatic rings. The van der Waals surface area contributed by atoms with Gasteiger partial charge in [-0.2, -0.15) is 0 Å². The average molecular weight is 237 g/mol. The SMILES string of the molecule is COC(=O)CCNC(=O)NCc1cccnc1. The highest BCUT2D eigenvalue weighted by Crippen LogP contribution is 1.93. The van der Waals surface area contributed by atoms with Crippen molar-refractivity contribution in [2.45, 2.75) is 13.0 Å². The molecule has 1 rings (SSSR count). The Hall–Kier alpha value is -2.11. The quantitative estimate of drug-likeness (QED) is 0.728. The average Bonchev–Trinajstić information content (AvgIpc) is 2.37. The summed E-state index contributed by atoms with van der Waals surface area (Å²) >= 11 is 0. The topological polar surface area (TPSA) is 80.3 Å². The van der Waals surface area contributed by atoms with Crippen LogP contribution in [0, 0.1) is 0 Å².